The molecule has 164 valence electrons. The third kappa shape index (κ3) is 3.44. The maximum absolute atomic E-state index is 6.47. The molecule has 31 heavy (non-hydrogen) atoms. The van der Waals surface area contributed by atoms with Crippen LogP contribution >= 0.6 is 23.4 Å². The van der Waals surface area contributed by atoms with Crippen LogP contribution < -0.4 is 16.4 Å². The number of ether oxygens (including phenoxy) is 1. The van der Waals surface area contributed by atoms with Crippen LogP contribution in [0.5, 0.6) is 0 Å². The molecule has 3 aromatic rings. The topological polar surface area (TPSA) is 108 Å². The van der Waals surface area contributed by atoms with Gasteiger partial charge in [0.15, 0.2) is 5.65 Å². The van der Waals surface area contributed by atoms with Crippen molar-refractivity contribution in [2.45, 2.75) is 48.6 Å². The lowest BCUT2D eigenvalue weighted by Gasteiger charge is -2.41. The van der Waals surface area contributed by atoms with E-state index in [0.717, 1.165) is 59.6 Å². The number of nitrogens with two attached hydrogens (primary N) is 2. The van der Waals surface area contributed by atoms with E-state index in [2.05, 4.69) is 21.8 Å². The van der Waals surface area contributed by atoms with Crippen LogP contribution in [0.2, 0.25) is 5.02 Å². The second-order valence-electron chi connectivity index (χ2n) is 8.45. The number of nitrogens with zero attached hydrogens (tertiary/aromatic N) is 5. The summed E-state index contributed by atoms with van der Waals surface area (Å²) in [5.74, 6) is 1.25. The summed E-state index contributed by atoms with van der Waals surface area (Å²) in [5.41, 5.74) is 14.5. The van der Waals surface area contributed by atoms with Crippen LogP contribution in [0.4, 0.5) is 11.8 Å². The number of hydrogen-bond acceptors (Lipinski definition) is 8. The van der Waals surface area contributed by atoms with Crippen molar-refractivity contribution in [2.75, 3.05) is 30.3 Å². The van der Waals surface area contributed by atoms with Crippen LogP contribution in [0.15, 0.2) is 34.4 Å². The first-order chi connectivity index (χ1) is 14.9. The Hall–Kier alpha value is -2.07. The van der Waals surface area contributed by atoms with Crippen LogP contribution in [0, 0.1) is 12.3 Å². The van der Waals surface area contributed by atoms with E-state index in [1.54, 1.807) is 12.4 Å². The summed E-state index contributed by atoms with van der Waals surface area (Å²) >= 11 is 7.92. The molecule has 0 aliphatic carbocycles. The number of aryl methyl sites for hydroxylation is 1. The molecule has 3 aromatic heterocycles. The molecular weight excluding hydrogens is 434 g/mol. The van der Waals surface area contributed by atoms with Crippen molar-refractivity contribution in [3.05, 3.63) is 35.4 Å². The van der Waals surface area contributed by atoms with Crippen molar-refractivity contribution >= 4 is 40.8 Å². The van der Waals surface area contributed by atoms with E-state index >= 15 is 0 Å². The number of pyridine rings is 1. The molecular formula is C21H26ClN7OS. The highest BCUT2D eigenvalue weighted by atomic mass is 35.5. The molecule has 0 unspecified atom stereocenters. The van der Waals surface area contributed by atoms with Gasteiger partial charge in [0.25, 0.3) is 0 Å². The number of halogens is 1. The van der Waals surface area contributed by atoms with E-state index in [4.69, 9.17) is 32.8 Å². The lowest BCUT2D eigenvalue weighted by Crippen LogP contribution is -2.51. The standard InChI is InChI=1S/C21H26ClN7OS/c1-12-15(22)14(3-6-25-12)31-16-18(24)27-20(29-10-7-26-19(16)29)28-8-4-21(5-9-28)11-30-13(2)17(21)23/h3,6-7,10,13,17H,4-5,8-9,11,23-24H2,1-2H3/t13-,17+/m0/s1. The van der Waals surface area contributed by atoms with Gasteiger partial charge in [-0.1, -0.05) is 23.4 Å². The molecule has 0 radical (unpaired) electrons. The minimum absolute atomic E-state index is 0.0568. The molecule has 0 amide bonds. The summed E-state index contributed by atoms with van der Waals surface area (Å²) in [6, 6.07) is 1.96. The number of aromatic nitrogens is 4. The molecule has 1 spiro atoms. The SMILES string of the molecule is Cc1nccc(Sc2c(N)nc(N3CCC4(CC3)CO[C@@H](C)[C@H]4N)n3ccnc23)c1Cl. The Morgan fingerprint density at radius 2 is 2.03 bits per heavy atom. The number of piperidine rings is 1. The molecule has 0 saturated carbocycles. The van der Waals surface area contributed by atoms with Crippen molar-refractivity contribution in [1.82, 2.24) is 19.4 Å². The first kappa shape index (κ1) is 20.8. The molecule has 5 heterocycles. The Labute approximate surface area is 190 Å². The second-order valence-corrected chi connectivity index (χ2v) is 9.88. The summed E-state index contributed by atoms with van der Waals surface area (Å²) in [5, 5.41) is 0.617. The molecule has 2 atom stereocenters. The lowest BCUT2D eigenvalue weighted by molar-refractivity contribution is 0.0973. The highest BCUT2D eigenvalue weighted by Crippen LogP contribution is 2.43. The number of nitrogen functional groups attached to an aromatic ring is 1. The normalized spacial score (nSPS) is 23.2. The monoisotopic (exact) mass is 459 g/mol. The maximum Gasteiger partial charge on any atom is 0.213 e. The van der Waals surface area contributed by atoms with Gasteiger partial charge in [0, 0.05) is 48.0 Å². The number of anilines is 2. The van der Waals surface area contributed by atoms with Gasteiger partial charge < -0.3 is 21.1 Å². The first-order valence-corrected chi connectivity index (χ1v) is 11.6. The smallest absolute Gasteiger partial charge is 0.213 e. The van der Waals surface area contributed by atoms with E-state index in [1.807, 2.05) is 23.6 Å². The van der Waals surface area contributed by atoms with Gasteiger partial charge in [-0.2, -0.15) is 4.98 Å². The molecule has 2 aliphatic rings. The highest BCUT2D eigenvalue weighted by molar-refractivity contribution is 7.99. The highest BCUT2D eigenvalue weighted by Gasteiger charge is 2.47. The molecule has 0 bridgehead atoms. The third-order valence-electron chi connectivity index (χ3n) is 6.64. The predicted octanol–water partition coefficient (Wildman–Crippen LogP) is 3.15. The summed E-state index contributed by atoms with van der Waals surface area (Å²) in [6.07, 6.45) is 7.50. The molecule has 2 fully saturated rings. The molecule has 5 rings (SSSR count). The minimum atomic E-state index is 0.0568. The Morgan fingerprint density at radius 3 is 2.74 bits per heavy atom. The molecule has 2 aliphatic heterocycles. The molecule has 4 N–H and O–H groups in total. The molecule has 10 heteroatoms. The van der Waals surface area contributed by atoms with E-state index in [9.17, 15) is 0 Å². The minimum Gasteiger partial charge on any atom is -0.383 e. The Kier molecular flexibility index (Phi) is 5.24. The van der Waals surface area contributed by atoms with Crippen molar-refractivity contribution in [1.29, 1.82) is 0 Å². The van der Waals surface area contributed by atoms with Gasteiger partial charge in [-0.3, -0.25) is 9.38 Å². The number of hydrogen-bond donors (Lipinski definition) is 2. The Bertz CT molecular complexity index is 1130. The quantitative estimate of drug-likeness (QED) is 0.615. The zero-order valence-electron chi connectivity index (χ0n) is 17.6. The van der Waals surface area contributed by atoms with E-state index in [-0.39, 0.29) is 17.6 Å². The lowest BCUT2D eigenvalue weighted by atomic mass is 9.73. The first-order valence-electron chi connectivity index (χ1n) is 10.4. The van der Waals surface area contributed by atoms with Crippen molar-refractivity contribution < 1.29 is 4.74 Å². The molecule has 8 nitrogen and oxygen atoms in total. The van der Waals surface area contributed by atoms with Crippen LogP contribution in [0.1, 0.15) is 25.5 Å². The fourth-order valence-corrected chi connectivity index (χ4v) is 5.83. The van der Waals surface area contributed by atoms with Crippen molar-refractivity contribution in [3.8, 4) is 0 Å². The van der Waals surface area contributed by atoms with Crippen molar-refractivity contribution in [3.63, 3.8) is 0 Å². The van der Waals surface area contributed by atoms with E-state index < -0.39 is 0 Å². The summed E-state index contributed by atoms with van der Waals surface area (Å²) < 4.78 is 7.86. The Balaban J connectivity index is 1.45. The zero-order valence-corrected chi connectivity index (χ0v) is 19.2. The van der Waals surface area contributed by atoms with Crippen LogP contribution in [0.3, 0.4) is 0 Å². The summed E-state index contributed by atoms with van der Waals surface area (Å²) in [6.45, 7) is 6.39. The average Bonchev–Trinajstić information content (AvgIpc) is 3.35. The summed E-state index contributed by atoms with van der Waals surface area (Å²) in [7, 11) is 0. The fourth-order valence-electron chi connectivity index (χ4n) is 4.62. The number of fused-ring (bicyclic) bond motifs is 1. The average molecular weight is 460 g/mol. The predicted molar refractivity (Wildman–Crippen MR) is 123 cm³/mol. The second kappa shape index (κ2) is 7.81. The number of imidazole rings is 1. The maximum atomic E-state index is 6.47. The zero-order chi connectivity index (χ0) is 21.8. The van der Waals surface area contributed by atoms with Gasteiger partial charge in [0.05, 0.1) is 28.3 Å². The van der Waals surface area contributed by atoms with E-state index in [0.29, 0.717) is 10.8 Å². The number of rotatable bonds is 3. The van der Waals surface area contributed by atoms with Gasteiger partial charge >= 0.3 is 0 Å². The van der Waals surface area contributed by atoms with E-state index in [1.165, 1.54) is 11.8 Å². The largest absolute Gasteiger partial charge is 0.383 e. The molecule has 0 aromatic carbocycles. The molecule has 2 saturated heterocycles. The Morgan fingerprint density at radius 1 is 1.26 bits per heavy atom. The van der Waals surface area contributed by atoms with Crippen LogP contribution in [-0.4, -0.2) is 51.2 Å². The van der Waals surface area contributed by atoms with Gasteiger partial charge in [-0.25, -0.2) is 4.98 Å². The van der Waals surface area contributed by atoms with Gasteiger partial charge in [0.2, 0.25) is 5.95 Å². The fraction of sp³-hybridized carbons (Fsp3) is 0.476. The van der Waals surface area contributed by atoms with Crippen LogP contribution in [-0.2, 0) is 4.74 Å². The van der Waals surface area contributed by atoms with Gasteiger partial charge in [-0.15, -0.1) is 0 Å². The summed E-state index contributed by atoms with van der Waals surface area (Å²) in [4.78, 5) is 17.5. The third-order valence-corrected chi connectivity index (χ3v) is 8.39. The van der Waals surface area contributed by atoms with Gasteiger partial charge in [-0.05, 0) is 32.8 Å². The van der Waals surface area contributed by atoms with Gasteiger partial charge in [0.1, 0.15) is 5.82 Å². The van der Waals surface area contributed by atoms with Crippen molar-refractivity contribution in [2.24, 2.45) is 11.1 Å². The van der Waals surface area contributed by atoms with Crippen LogP contribution in [0.25, 0.3) is 5.65 Å².